The lowest BCUT2D eigenvalue weighted by Crippen LogP contribution is -2.48. The van der Waals surface area contributed by atoms with E-state index in [1.54, 1.807) is 6.20 Å². The molecule has 1 aliphatic rings. The molecule has 24 heavy (non-hydrogen) atoms. The predicted molar refractivity (Wildman–Crippen MR) is 97.2 cm³/mol. The summed E-state index contributed by atoms with van der Waals surface area (Å²) in [6, 6.07) is 8.22. The Morgan fingerprint density at radius 1 is 1.12 bits per heavy atom. The molecule has 0 atom stereocenters. The molecule has 1 fully saturated rings. The normalized spacial score (nSPS) is 15.5. The third kappa shape index (κ3) is 3.34. The zero-order valence-electron chi connectivity index (χ0n) is 14.7. The number of rotatable bonds is 3. The van der Waals surface area contributed by atoms with E-state index in [1.165, 1.54) is 11.1 Å². The Hall–Kier alpha value is -2.20. The van der Waals surface area contributed by atoms with E-state index >= 15 is 0 Å². The van der Waals surface area contributed by atoms with Crippen molar-refractivity contribution >= 4 is 5.91 Å². The number of aryl methyl sites for hydroxylation is 1. The quantitative estimate of drug-likeness (QED) is 0.871. The Bertz CT molecular complexity index is 733. The van der Waals surface area contributed by atoms with Crippen molar-refractivity contribution in [1.29, 1.82) is 0 Å². The molecule has 3 rings (SSSR count). The number of carbonyl (C=O) groups excluding carboxylic acids is 1. The number of nitrogens with zero attached hydrogens (tertiary/aromatic N) is 3. The van der Waals surface area contributed by atoms with Crippen LogP contribution in [0.2, 0.25) is 0 Å². The molecule has 4 heteroatoms. The van der Waals surface area contributed by atoms with E-state index in [1.807, 2.05) is 17.2 Å². The Morgan fingerprint density at radius 2 is 1.88 bits per heavy atom. The van der Waals surface area contributed by atoms with E-state index in [2.05, 4.69) is 48.9 Å². The van der Waals surface area contributed by atoms with Crippen LogP contribution in [-0.2, 0) is 0 Å². The van der Waals surface area contributed by atoms with Crippen LogP contribution in [0.15, 0.2) is 36.7 Å². The zero-order valence-corrected chi connectivity index (χ0v) is 14.7. The highest BCUT2D eigenvalue weighted by molar-refractivity contribution is 5.95. The summed E-state index contributed by atoms with van der Waals surface area (Å²) in [6.07, 6.45) is 3.52. The first-order valence-electron chi connectivity index (χ1n) is 8.63. The summed E-state index contributed by atoms with van der Waals surface area (Å²) >= 11 is 0. The monoisotopic (exact) mass is 323 g/mol. The fraction of sp³-hybridized carbons (Fsp3) is 0.400. The van der Waals surface area contributed by atoms with Gasteiger partial charge in [0.1, 0.15) is 0 Å². The smallest absolute Gasteiger partial charge is 0.255 e. The molecule has 1 aromatic carbocycles. The highest BCUT2D eigenvalue weighted by Gasteiger charge is 2.21. The number of aromatic nitrogens is 1. The van der Waals surface area contributed by atoms with Crippen molar-refractivity contribution < 1.29 is 4.79 Å². The average Bonchev–Trinajstić information content (AvgIpc) is 2.63. The second-order valence-corrected chi connectivity index (χ2v) is 6.44. The van der Waals surface area contributed by atoms with Crippen molar-refractivity contribution in [2.75, 3.05) is 32.7 Å². The van der Waals surface area contributed by atoms with Crippen LogP contribution >= 0.6 is 0 Å². The van der Waals surface area contributed by atoms with Gasteiger partial charge in [-0.25, -0.2) is 0 Å². The van der Waals surface area contributed by atoms with Gasteiger partial charge in [0.25, 0.3) is 5.91 Å². The van der Waals surface area contributed by atoms with Crippen molar-refractivity contribution in [3.8, 4) is 11.1 Å². The molecule has 0 N–H and O–H groups in total. The zero-order chi connectivity index (χ0) is 17.1. The number of hydrogen-bond donors (Lipinski definition) is 0. The molecule has 0 spiro atoms. The van der Waals surface area contributed by atoms with Gasteiger partial charge in [-0.15, -0.1) is 0 Å². The van der Waals surface area contributed by atoms with Crippen LogP contribution in [0.3, 0.4) is 0 Å². The van der Waals surface area contributed by atoms with Crippen LogP contribution in [-0.4, -0.2) is 53.4 Å². The summed E-state index contributed by atoms with van der Waals surface area (Å²) in [4.78, 5) is 21.4. The molecule has 0 bridgehead atoms. The SMILES string of the molecule is CCN1CCN(C(=O)c2cncc(-c3cccc(C)c3C)c2)CC1. The molecule has 2 aromatic rings. The van der Waals surface area contributed by atoms with E-state index in [0.29, 0.717) is 5.56 Å². The summed E-state index contributed by atoms with van der Waals surface area (Å²) < 4.78 is 0. The van der Waals surface area contributed by atoms with Gasteiger partial charge in [-0.1, -0.05) is 25.1 Å². The highest BCUT2D eigenvalue weighted by Crippen LogP contribution is 2.25. The minimum Gasteiger partial charge on any atom is -0.336 e. The summed E-state index contributed by atoms with van der Waals surface area (Å²) in [6.45, 7) is 10.9. The number of amides is 1. The van der Waals surface area contributed by atoms with Crippen LogP contribution in [0.1, 0.15) is 28.4 Å². The van der Waals surface area contributed by atoms with Crippen LogP contribution < -0.4 is 0 Å². The molecule has 0 aliphatic carbocycles. The van der Waals surface area contributed by atoms with Crippen LogP contribution in [0.4, 0.5) is 0 Å². The Balaban J connectivity index is 1.83. The van der Waals surface area contributed by atoms with Gasteiger partial charge in [0.15, 0.2) is 0 Å². The summed E-state index contributed by atoms with van der Waals surface area (Å²) in [7, 11) is 0. The lowest BCUT2D eigenvalue weighted by atomic mass is 9.97. The van der Waals surface area contributed by atoms with Crippen LogP contribution in [0, 0.1) is 13.8 Å². The summed E-state index contributed by atoms with van der Waals surface area (Å²) in [5.74, 6) is 0.0883. The summed E-state index contributed by atoms with van der Waals surface area (Å²) in [5, 5.41) is 0. The maximum atomic E-state index is 12.8. The van der Waals surface area contributed by atoms with Gasteiger partial charge >= 0.3 is 0 Å². The molecule has 1 aromatic heterocycles. The molecule has 0 saturated carbocycles. The Labute approximate surface area is 144 Å². The molecule has 0 radical (unpaired) electrons. The van der Waals surface area contributed by atoms with Gasteiger partial charge in [0, 0.05) is 44.1 Å². The second-order valence-electron chi connectivity index (χ2n) is 6.44. The van der Waals surface area contributed by atoms with E-state index < -0.39 is 0 Å². The highest BCUT2D eigenvalue weighted by atomic mass is 16.2. The number of piperazine rings is 1. The lowest BCUT2D eigenvalue weighted by molar-refractivity contribution is 0.0643. The fourth-order valence-electron chi connectivity index (χ4n) is 3.22. The minimum absolute atomic E-state index is 0.0883. The van der Waals surface area contributed by atoms with Crippen molar-refractivity contribution in [1.82, 2.24) is 14.8 Å². The van der Waals surface area contributed by atoms with E-state index in [0.717, 1.165) is 43.9 Å². The first-order valence-corrected chi connectivity index (χ1v) is 8.63. The Morgan fingerprint density at radius 3 is 2.58 bits per heavy atom. The van der Waals surface area contributed by atoms with Gasteiger partial charge in [-0.05, 0) is 43.1 Å². The largest absolute Gasteiger partial charge is 0.336 e. The van der Waals surface area contributed by atoms with Gasteiger partial charge in [-0.2, -0.15) is 0 Å². The fourth-order valence-corrected chi connectivity index (χ4v) is 3.22. The van der Waals surface area contributed by atoms with E-state index in [-0.39, 0.29) is 5.91 Å². The average molecular weight is 323 g/mol. The first-order chi connectivity index (χ1) is 11.6. The molecule has 4 nitrogen and oxygen atoms in total. The van der Waals surface area contributed by atoms with Crippen molar-refractivity contribution in [3.05, 3.63) is 53.3 Å². The predicted octanol–water partition coefficient (Wildman–Crippen LogP) is 3.14. The van der Waals surface area contributed by atoms with Crippen LogP contribution in [0.5, 0.6) is 0 Å². The third-order valence-corrected chi connectivity index (χ3v) is 5.01. The maximum Gasteiger partial charge on any atom is 0.255 e. The number of likely N-dealkylation sites (N-methyl/N-ethyl adjacent to an activating group) is 1. The molecule has 2 heterocycles. The number of benzene rings is 1. The molecule has 1 amide bonds. The van der Waals surface area contributed by atoms with Gasteiger partial charge in [-0.3, -0.25) is 9.78 Å². The molecule has 126 valence electrons. The number of pyridine rings is 1. The van der Waals surface area contributed by atoms with E-state index in [9.17, 15) is 4.79 Å². The van der Waals surface area contributed by atoms with Gasteiger partial charge in [0.05, 0.1) is 5.56 Å². The molecule has 1 saturated heterocycles. The van der Waals surface area contributed by atoms with Crippen LogP contribution in [0.25, 0.3) is 11.1 Å². The Kier molecular flexibility index (Phi) is 4.95. The lowest BCUT2D eigenvalue weighted by Gasteiger charge is -2.34. The second kappa shape index (κ2) is 7.14. The van der Waals surface area contributed by atoms with Gasteiger partial charge in [0.2, 0.25) is 0 Å². The third-order valence-electron chi connectivity index (χ3n) is 5.01. The first kappa shape index (κ1) is 16.7. The van der Waals surface area contributed by atoms with Crippen molar-refractivity contribution in [3.63, 3.8) is 0 Å². The molecule has 1 aliphatic heterocycles. The molecule has 0 unspecified atom stereocenters. The standard InChI is InChI=1S/C20H25N3O/c1-4-22-8-10-23(11-9-22)20(24)18-12-17(13-21-14-18)19-7-5-6-15(2)16(19)3/h5-7,12-14H,4,8-11H2,1-3H3. The number of hydrogen-bond acceptors (Lipinski definition) is 3. The topological polar surface area (TPSA) is 36.4 Å². The summed E-state index contributed by atoms with van der Waals surface area (Å²) in [5.41, 5.74) is 5.32. The maximum absolute atomic E-state index is 12.8. The molecular formula is C20H25N3O. The minimum atomic E-state index is 0.0883. The number of carbonyl (C=O) groups is 1. The van der Waals surface area contributed by atoms with E-state index in [4.69, 9.17) is 0 Å². The molecular weight excluding hydrogens is 298 g/mol. The van der Waals surface area contributed by atoms with Gasteiger partial charge < -0.3 is 9.80 Å². The van der Waals surface area contributed by atoms with Crippen molar-refractivity contribution in [2.45, 2.75) is 20.8 Å². The van der Waals surface area contributed by atoms with Crippen molar-refractivity contribution in [2.24, 2.45) is 0 Å².